The minimum atomic E-state index is -0.486. The fourth-order valence-electron chi connectivity index (χ4n) is 2.36. The summed E-state index contributed by atoms with van der Waals surface area (Å²) >= 11 is 0. The first kappa shape index (κ1) is 15.7. The van der Waals surface area contributed by atoms with Gasteiger partial charge in [0.2, 0.25) is 0 Å². The number of rotatable bonds is 3. The van der Waals surface area contributed by atoms with Crippen LogP contribution in [0.4, 0.5) is 0 Å². The number of hydrogen-bond donors (Lipinski definition) is 2. The Labute approximate surface area is 138 Å². The molecule has 6 nitrogen and oxygen atoms in total. The van der Waals surface area contributed by atoms with Crippen molar-refractivity contribution in [2.24, 2.45) is 0 Å². The van der Waals surface area contributed by atoms with Gasteiger partial charge in [-0.3, -0.25) is 9.59 Å². The molecule has 2 N–H and O–H groups in total. The van der Waals surface area contributed by atoms with Crippen LogP contribution in [0.15, 0.2) is 33.6 Å². The van der Waals surface area contributed by atoms with E-state index < -0.39 is 11.5 Å². The first-order valence-electron chi connectivity index (χ1n) is 7.48. The molecule has 1 aromatic carbocycles. The Morgan fingerprint density at radius 2 is 1.96 bits per heavy atom. The minimum Gasteiger partial charge on any atom is -0.457 e. The maximum atomic E-state index is 11.9. The van der Waals surface area contributed by atoms with Gasteiger partial charge in [0.15, 0.2) is 0 Å². The Kier molecular flexibility index (Phi) is 4.04. The third-order valence-corrected chi connectivity index (χ3v) is 3.85. The Hall–Kier alpha value is -3.15. The highest BCUT2D eigenvalue weighted by molar-refractivity contribution is 5.93. The van der Waals surface area contributed by atoms with Crippen molar-refractivity contribution >= 4 is 29.0 Å². The molecule has 2 aromatic heterocycles. The number of amides is 1. The maximum Gasteiger partial charge on any atom is 0.263 e. The largest absolute Gasteiger partial charge is 0.457 e. The van der Waals surface area contributed by atoms with Crippen LogP contribution in [0.1, 0.15) is 33.1 Å². The molecule has 0 bridgehead atoms. The van der Waals surface area contributed by atoms with Crippen molar-refractivity contribution in [3.63, 3.8) is 0 Å². The zero-order valence-corrected chi connectivity index (χ0v) is 13.6. The second kappa shape index (κ2) is 6.16. The number of carbonyl (C=O) groups excluding carboxylic acids is 1. The number of fused-ring (bicyclic) bond motifs is 1. The Morgan fingerprint density at radius 1 is 1.21 bits per heavy atom. The molecule has 0 radical (unpaired) electrons. The number of carbonyl (C=O) groups is 1. The third kappa shape index (κ3) is 2.99. The van der Waals surface area contributed by atoms with Crippen LogP contribution in [-0.4, -0.2) is 22.9 Å². The first-order chi connectivity index (χ1) is 11.5. The molecule has 0 saturated carbocycles. The van der Waals surface area contributed by atoms with Crippen molar-refractivity contribution in [2.75, 3.05) is 7.05 Å². The molecular weight excluding hydrogens is 306 g/mol. The lowest BCUT2D eigenvalue weighted by molar-refractivity contribution is 0.0961. The lowest BCUT2D eigenvalue weighted by Gasteiger charge is -1.98. The zero-order valence-electron chi connectivity index (χ0n) is 13.6. The Morgan fingerprint density at radius 3 is 2.67 bits per heavy atom. The van der Waals surface area contributed by atoms with Crippen molar-refractivity contribution in [1.82, 2.24) is 15.3 Å². The maximum absolute atomic E-state index is 11.9. The molecule has 24 heavy (non-hydrogen) atoms. The van der Waals surface area contributed by atoms with E-state index in [0.717, 1.165) is 11.0 Å². The van der Waals surface area contributed by atoms with Crippen LogP contribution in [0, 0.1) is 13.8 Å². The molecule has 3 aromatic rings. The highest BCUT2D eigenvalue weighted by Gasteiger charge is 2.09. The summed E-state index contributed by atoms with van der Waals surface area (Å²) in [4.78, 5) is 29.9. The standard InChI is InChI=1S/C18H17N3O3/c1-10-6-12-8-13(24-15(12)7-11(10)2)4-5-16-20-9-14(17(22)19-3)18(23)21-16/h4-9H,1-3H3,(H,19,22)(H,20,21,23)/b5-4+. The van der Waals surface area contributed by atoms with Crippen molar-refractivity contribution in [2.45, 2.75) is 13.8 Å². The van der Waals surface area contributed by atoms with E-state index >= 15 is 0 Å². The highest BCUT2D eigenvalue weighted by Crippen LogP contribution is 2.24. The second-order valence-electron chi connectivity index (χ2n) is 5.55. The summed E-state index contributed by atoms with van der Waals surface area (Å²) in [5.41, 5.74) is 2.68. The van der Waals surface area contributed by atoms with Crippen molar-refractivity contribution in [3.8, 4) is 0 Å². The normalized spacial score (nSPS) is 11.3. The summed E-state index contributed by atoms with van der Waals surface area (Å²) < 4.78 is 5.76. The Balaban J connectivity index is 1.89. The summed E-state index contributed by atoms with van der Waals surface area (Å²) in [7, 11) is 1.46. The predicted octanol–water partition coefficient (Wildman–Crippen LogP) is 2.66. The van der Waals surface area contributed by atoms with Crippen LogP contribution in [-0.2, 0) is 0 Å². The number of aryl methyl sites for hydroxylation is 2. The van der Waals surface area contributed by atoms with Gasteiger partial charge in [0.25, 0.3) is 11.5 Å². The predicted molar refractivity (Wildman–Crippen MR) is 92.9 cm³/mol. The van der Waals surface area contributed by atoms with Crippen molar-refractivity contribution in [3.05, 3.63) is 63.0 Å². The van der Waals surface area contributed by atoms with E-state index in [2.05, 4.69) is 28.3 Å². The van der Waals surface area contributed by atoms with Crippen LogP contribution >= 0.6 is 0 Å². The fourth-order valence-corrected chi connectivity index (χ4v) is 2.36. The van der Waals surface area contributed by atoms with E-state index in [1.807, 2.05) is 19.1 Å². The quantitative estimate of drug-likeness (QED) is 0.775. The lowest BCUT2D eigenvalue weighted by atomic mass is 10.1. The molecule has 122 valence electrons. The number of nitrogens with zero attached hydrogens (tertiary/aromatic N) is 1. The number of aromatic nitrogens is 2. The smallest absolute Gasteiger partial charge is 0.263 e. The number of benzene rings is 1. The van der Waals surface area contributed by atoms with E-state index in [0.29, 0.717) is 11.6 Å². The Bertz CT molecular complexity index is 973. The molecule has 0 spiro atoms. The van der Waals surface area contributed by atoms with Crippen molar-refractivity contribution < 1.29 is 9.21 Å². The molecule has 0 aliphatic rings. The van der Waals surface area contributed by atoms with Gasteiger partial charge in [-0.15, -0.1) is 0 Å². The van der Waals surface area contributed by atoms with Gasteiger partial charge in [-0.25, -0.2) is 4.98 Å². The van der Waals surface area contributed by atoms with Gasteiger partial charge in [-0.1, -0.05) is 0 Å². The van der Waals surface area contributed by atoms with Crippen LogP contribution in [0.5, 0.6) is 0 Å². The van der Waals surface area contributed by atoms with Crippen LogP contribution in [0.25, 0.3) is 23.1 Å². The molecule has 0 aliphatic carbocycles. The molecule has 0 saturated heterocycles. The zero-order chi connectivity index (χ0) is 17.3. The average Bonchev–Trinajstić information content (AvgIpc) is 2.94. The van der Waals surface area contributed by atoms with Gasteiger partial charge in [0, 0.05) is 18.6 Å². The summed E-state index contributed by atoms with van der Waals surface area (Å²) in [6, 6.07) is 6.00. The summed E-state index contributed by atoms with van der Waals surface area (Å²) in [5, 5.41) is 3.41. The van der Waals surface area contributed by atoms with Gasteiger partial charge in [-0.2, -0.15) is 0 Å². The number of nitrogens with one attached hydrogen (secondary N) is 2. The minimum absolute atomic E-state index is 0.0238. The molecule has 0 aliphatic heterocycles. The lowest BCUT2D eigenvalue weighted by Crippen LogP contribution is -2.27. The van der Waals surface area contributed by atoms with E-state index in [9.17, 15) is 9.59 Å². The van der Waals surface area contributed by atoms with Gasteiger partial charge in [0.1, 0.15) is 22.7 Å². The van der Waals surface area contributed by atoms with Crippen molar-refractivity contribution in [1.29, 1.82) is 0 Å². The molecule has 0 fully saturated rings. The van der Waals surface area contributed by atoms with Crippen LogP contribution in [0.2, 0.25) is 0 Å². The number of aromatic amines is 1. The van der Waals surface area contributed by atoms with Crippen LogP contribution in [0.3, 0.4) is 0 Å². The van der Waals surface area contributed by atoms with Gasteiger partial charge in [0.05, 0.1) is 0 Å². The molecule has 0 unspecified atom stereocenters. The van der Waals surface area contributed by atoms with Crippen LogP contribution < -0.4 is 10.9 Å². The molecule has 6 heteroatoms. The average molecular weight is 323 g/mol. The number of H-pyrrole nitrogens is 1. The molecule has 0 atom stereocenters. The SMILES string of the molecule is CNC(=O)c1cnc(/C=C/c2cc3cc(C)c(C)cc3o2)[nH]c1=O. The second-order valence-corrected chi connectivity index (χ2v) is 5.55. The molecular formula is C18H17N3O3. The van der Waals surface area contributed by atoms with Gasteiger partial charge in [-0.05, 0) is 55.3 Å². The summed E-state index contributed by atoms with van der Waals surface area (Å²) in [6.45, 7) is 4.09. The van der Waals surface area contributed by atoms with E-state index in [1.165, 1.54) is 24.4 Å². The summed E-state index contributed by atoms with van der Waals surface area (Å²) in [6.07, 6.45) is 4.61. The number of furan rings is 1. The van der Waals surface area contributed by atoms with E-state index in [4.69, 9.17) is 4.42 Å². The molecule has 2 heterocycles. The molecule has 1 amide bonds. The first-order valence-corrected chi connectivity index (χ1v) is 7.48. The van der Waals surface area contributed by atoms with Gasteiger partial charge < -0.3 is 14.7 Å². The molecule has 3 rings (SSSR count). The number of hydrogen-bond acceptors (Lipinski definition) is 4. The highest BCUT2D eigenvalue weighted by atomic mass is 16.3. The monoisotopic (exact) mass is 323 g/mol. The van der Waals surface area contributed by atoms with E-state index in [-0.39, 0.29) is 5.56 Å². The fraction of sp³-hybridized carbons (Fsp3) is 0.167. The third-order valence-electron chi connectivity index (χ3n) is 3.85. The van der Waals surface area contributed by atoms with Gasteiger partial charge >= 0.3 is 0 Å². The van der Waals surface area contributed by atoms with E-state index in [1.54, 1.807) is 12.2 Å². The summed E-state index contributed by atoms with van der Waals surface area (Å²) in [5.74, 6) is 0.538. The topological polar surface area (TPSA) is 88.0 Å².